The summed E-state index contributed by atoms with van der Waals surface area (Å²) in [4.78, 5) is 0. The van der Waals surface area contributed by atoms with Crippen LogP contribution in [0.2, 0.25) is 0 Å². The number of hydrogen-bond acceptors (Lipinski definition) is 7. The summed E-state index contributed by atoms with van der Waals surface area (Å²) in [5, 5.41) is 43.3. The maximum absolute atomic E-state index is 12.3. The van der Waals surface area contributed by atoms with E-state index >= 15 is 0 Å². The fourth-order valence-electron chi connectivity index (χ4n) is 2.91. The van der Waals surface area contributed by atoms with E-state index in [1.807, 2.05) is 0 Å². The molecule has 0 bridgehead atoms. The van der Waals surface area contributed by atoms with Gasteiger partial charge in [-0.05, 0) is 16.3 Å². The Bertz CT molecular complexity index is 988. The van der Waals surface area contributed by atoms with Crippen molar-refractivity contribution in [2.75, 3.05) is 0 Å². The van der Waals surface area contributed by atoms with E-state index in [9.17, 15) is 15.3 Å². The van der Waals surface area contributed by atoms with Crippen LogP contribution < -0.4 is 19.6 Å². The molecule has 0 saturated heterocycles. The van der Waals surface area contributed by atoms with E-state index in [4.69, 9.17) is 9.05 Å². The second-order valence-corrected chi connectivity index (χ2v) is 5.98. The first kappa shape index (κ1) is 16.7. The molecule has 136 valence electrons. The van der Waals surface area contributed by atoms with Crippen LogP contribution in [0.25, 0.3) is 11.4 Å². The van der Waals surface area contributed by atoms with Crippen molar-refractivity contribution in [1.82, 2.24) is 10.5 Å². The van der Waals surface area contributed by atoms with Crippen molar-refractivity contribution in [1.29, 1.82) is 0 Å². The Balaban J connectivity index is 1.92. The maximum atomic E-state index is 12.3. The van der Waals surface area contributed by atoms with Crippen molar-refractivity contribution in [2.45, 2.75) is 12.5 Å². The molecule has 0 aliphatic heterocycles. The average Bonchev–Trinajstić information content (AvgIpc) is 3.27. The Morgan fingerprint density at radius 2 is 1.15 bits per heavy atom. The molecule has 4 aromatic rings. The van der Waals surface area contributed by atoms with E-state index in [-0.39, 0.29) is 11.4 Å². The second kappa shape index (κ2) is 6.22. The zero-order valence-corrected chi connectivity index (χ0v) is 14.1. The van der Waals surface area contributed by atoms with Crippen LogP contribution in [-0.2, 0) is 5.60 Å². The molecule has 1 N–H and O–H groups in total. The van der Waals surface area contributed by atoms with Gasteiger partial charge in [0.15, 0.2) is 11.9 Å². The molecule has 0 amide bonds. The monoisotopic (exact) mass is 366 g/mol. The van der Waals surface area contributed by atoms with Crippen molar-refractivity contribution < 1.29 is 33.7 Å². The first-order chi connectivity index (χ1) is 13.0. The number of rotatable bonds is 4. The summed E-state index contributed by atoms with van der Waals surface area (Å²) in [6.07, 6.45) is 0. The van der Waals surface area contributed by atoms with Gasteiger partial charge in [0.1, 0.15) is 0 Å². The Hall–Kier alpha value is -3.72. The molecular weight excluding hydrogens is 352 g/mol. The van der Waals surface area contributed by atoms with Gasteiger partial charge in [-0.3, -0.25) is 0 Å². The van der Waals surface area contributed by atoms with Crippen molar-refractivity contribution >= 4 is 0 Å². The first-order valence-corrected chi connectivity index (χ1v) is 8.02. The summed E-state index contributed by atoms with van der Waals surface area (Å²) in [5.41, 5.74) is -1.64. The van der Waals surface area contributed by atoms with Gasteiger partial charge in [-0.25, -0.2) is 0 Å². The van der Waals surface area contributed by atoms with E-state index < -0.39 is 17.5 Å². The van der Waals surface area contributed by atoms with Gasteiger partial charge in [0.25, 0.3) is 11.4 Å². The molecule has 0 spiro atoms. The normalized spacial score (nSPS) is 11.6. The molecular formula is C18H14N4O5. The molecule has 0 saturated carbocycles. The van der Waals surface area contributed by atoms with E-state index in [2.05, 4.69) is 10.5 Å². The van der Waals surface area contributed by atoms with Crippen molar-refractivity contribution in [3.63, 3.8) is 0 Å². The van der Waals surface area contributed by atoms with E-state index in [0.717, 1.165) is 9.36 Å². The number of para-hydroxylation sites is 2. The Morgan fingerprint density at radius 3 is 1.52 bits per heavy atom. The molecule has 9 heteroatoms. The highest BCUT2D eigenvalue weighted by molar-refractivity contribution is 5.32. The van der Waals surface area contributed by atoms with Crippen LogP contribution in [0, 0.1) is 0 Å². The SMILES string of the molecule is CC(O)(c1c([O-])on[n+]1-c1ccccc1)c1c([O-])on[n+]1-c1ccccc1. The van der Waals surface area contributed by atoms with Crippen LogP contribution in [0.5, 0.6) is 11.9 Å². The molecule has 0 atom stereocenters. The summed E-state index contributed by atoms with van der Waals surface area (Å²) in [5.74, 6) is -1.77. The fraction of sp³-hybridized carbons (Fsp3) is 0.111. The lowest BCUT2D eigenvalue weighted by Gasteiger charge is -2.16. The minimum Gasteiger partial charge on any atom is -0.539 e. The third kappa shape index (κ3) is 2.70. The van der Waals surface area contributed by atoms with Gasteiger partial charge in [-0.15, -0.1) is 0 Å². The van der Waals surface area contributed by atoms with Crippen LogP contribution in [0.3, 0.4) is 0 Å². The zero-order chi connectivity index (χ0) is 19.0. The summed E-state index contributed by atoms with van der Waals surface area (Å²) in [6, 6.07) is 17.3. The molecule has 4 rings (SSSR count). The topological polar surface area (TPSA) is 126 Å². The Labute approximate surface area is 152 Å². The molecule has 0 fully saturated rings. The molecule has 0 unspecified atom stereocenters. The van der Waals surface area contributed by atoms with Crippen LogP contribution >= 0.6 is 0 Å². The smallest absolute Gasteiger partial charge is 0.282 e. The molecule has 0 radical (unpaired) electrons. The number of benzene rings is 2. The van der Waals surface area contributed by atoms with Gasteiger partial charge < -0.3 is 24.4 Å². The molecule has 0 aliphatic rings. The van der Waals surface area contributed by atoms with Crippen molar-refractivity contribution in [3.8, 4) is 23.3 Å². The lowest BCUT2D eigenvalue weighted by Crippen LogP contribution is -2.50. The van der Waals surface area contributed by atoms with Gasteiger partial charge in [0.05, 0.1) is 10.5 Å². The summed E-state index contributed by atoms with van der Waals surface area (Å²) in [6.45, 7) is 1.29. The fourth-order valence-corrected chi connectivity index (χ4v) is 2.91. The van der Waals surface area contributed by atoms with Crippen LogP contribution in [0.1, 0.15) is 18.3 Å². The lowest BCUT2D eigenvalue weighted by molar-refractivity contribution is -0.700. The zero-order valence-electron chi connectivity index (χ0n) is 14.1. The quantitative estimate of drug-likeness (QED) is 0.488. The van der Waals surface area contributed by atoms with Gasteiger partial charge in [0, 0.05) is 24.3 Å². The predicted molar refractivity (Wildman–Crippen MR) is 83.6 cm³/mol. The second-order valence-electron chi connectivity index (χ2n) is 5.98. The molecule has 2 aromatic carbocycles. The van der Waals surface area contributed by atoms with Crippen LogP contribution in [0.15, 0.2) is 69.7 Å². The standard InChI is InChI=1S/C18H14N4O5/c1-18(25,14-16(23)26-19-21(14)12-8-4-2-5-9-12)15-17(24)27-20-22(15)13-10-6-3-7-11-13/h2-11,25H,1H3. The third-order valence-electron chi connectivity index (χ3n) is 4.14. The van der Waals surface area contributed by atoms with E-state index in [1.165, 1.54) is 6.92 Å². The highest BCUT2D eigenvalue weighted by Gasteiger charge is 2.49. The number of aliphatic hydroxyl groups is 1. The summed E-state index contributed by atoms with van der Waals surface area (Å²) < 4.78 is 11.8. The molecule has 2 aromatic heterocycles. The van der Waals surface area contributed by atoms with Crippen molar-refractivity contribution in [2.24, 2.45) is 0 Å². The summed E-state index contributed by atoms with van der Waals surface area (Å²) >= 11 is 0. The number of hydrogen-bond donors (Lipinski definition) is 1. The van der Waals surface area contributed by atoms with Gasteiger partial charge in [0.2, 0.25) is 17.0 Å². The average molecular weight is 366 g/mol. The Morgan fingerprint density at radius 1 is 0.778 bits per heavy atom. The minimum atomic E-state index is -2.10. The third-order valence-corrected chi connectivity index (χ3v) is 4.14. The molecule has 0 aliphatic carbocycles. The lowest BCUT2D eigenvalue weighted by atomic mass is 9.97. The Kier molecular flexibility index (Phi) is 3.85. The number of aromatic nitrogens is 4. The van der Waals surface area contributed by atoms with Crippen LogP contribution in [0.4, 0.5) is 0 Å². The molecule has 9 nitrogen and oxygen atoms in total. The van der Waals surface area contributed by atoms with Gasteiger partial charge in [-0.1, -0.05) is 36.4 Å². The first-order valence-electron chi connectivity index (χ1n) is 8.02. The predicted octanol–water partition coefficient (Wildman–Crippen LogP) is -0.381. The minimum absolute atomic E-state index is 0.251. The molecule has 2 heterocycles. The van der Waals surface area contributed by atoms with Gasteiger partial charge >= 0.3 is 0 Å². The van der Waals surface area contributed by atoms with Crippen molar-refractivity contribution in [3.05, 3.63) is 72.1 Å². The largest absolute Gasteiger partial charge is 0.539 e. The van der Waals surface area contributed by atoms with Gasteiger partial charge in [-0.2, -0.15) is 0 Å². The van der Waals surface area contributed by atoms with Crippen LogP contribution in [-0.4, -0.2) is 15.6 Å². The highest BCUT2D eigenvalue weighted by Crippen LogP contribution is 2.33. The maximum Gasteiger partial charge on any atom is 0.282 e. The van der Waals surface area contributed by atoms with E-state index in [0.29, 0.717) is 11.4 Å². The molecule has 27 heavy (non-hydrogen) atoms. The van der Waals surface area contributed by atoms with E-state index in [1.54, 1.807) is 60.7 Å². The summed E-state index contributed by atoms with van der Waals surface area (Å²) in [7, 11) is 0. The highest BCUT2D eigenvalue weighted by atomic mass is 16.6. The number of nitrogens with zero attached hydrogens (tertiary/aromatic N) is 4.